The average molecular weight is 652 g/mol. The van der Waals surface area contributed by atoms with Gasteiger partial charge in [0.2, 0.25) is 20.0 Å². The van der Waals surface area contributed by atoms with Gasteiger partial charge in [0.15, 0.2) is 0 Å². The maximum atomic E-state index is 11.6. The summed E-state index contributed by atoms with van der Waals surface area (Å²) in [5.74, 6) is 0. The molecule has 0 spiro atoms. The molecule has 0 saturated carbocycles. The number of halogens is 1. The molecule has 3 rings (SSSR count). The van der Waals surface area contributed by atoms with Crippen LogP contribution >= 0.6 is 10.7 Å². The van der Waals surface area contributed by atoms with E-state index in [4.69, 9.17) is 16.4 Å². The van der Waals surface area contributed by atoms with Gasteiger partial charge in [-0.2, -0.15) is 0 Å². The topological polar surface area (TPSA) is 221 Å². The van der Waals surface area contributed by atoms with E-state index in [0.29, 0.717) is 5.69 Å². The van der Waals surface area contributed by atoms with Gasteiger partial charge in [-0.15, -0.1) is 0 Å². The van der Waals surface area contributed by atoms with Crippen molar-refractivity contribution in [3.05, 3.63) is 93.0 Å². The summed E-state index contributed by atoms with van der Waals surface area (Å²) in [6.45, 7) is 0. The standard InChI is InChI=1S/C8H10N2O4S.C8H12N2O2S.C6H4ClNO4S/c1-9(2)15(13,14)8-5-3-4-7(6-8)10(11)12;1-10(2)13(11,12)8-5-3-4-7(9)6-8;7-13(11,12)6-3-1-2-5(4-6)8(9)10/h3-6H,1-2H3;3-6H,9H2,1-2H3;1-4H. The van der Waals surface area contributed by atoms with Crippen LogP contribution in [0.4, 0.5) is 17.1 Å². The Morgan fingerprint density at radius 1 is 0.634 bits per heavy atom. The van der Waals surface area contributed by atoms with Crippen LogP contribution in [0.3, 0.4) is 0 Å². The predicted octanol–water partition coefficient (Wildman–Crippen LogP) is 2.89. The number of benzene rings is 3. The molecule has 19 heteroatoms. The normalized spacial score (nSPS) is 11.6. The molecule has 0 aromatic heterocycles. The molecule has 0 aliphatic rings. The molecule has 3 aromatic rings. The Morgan fingerprint density at radius 2 is 0.976 bits per heavy atom. The fraction of sp³-hybridized carbons (Fsp3) is 0.182. The Hall–Kier alpha value is -3.68. The van der Waals surface area contributed by atoms with Gasteiger partial charge in [0.1, 0.15) is 0 Å². The van der Waals surface area contributed by atoms with E-state index in [2.05, 4.69) is 0 Å². The lowest BCUT2D eigenvalue weighted by molar-refractivity contribution is -0.385. The molecule has 0 heterocycles. The lowest BCUT2D eigenvalue weighted by Crippen LogP contribution is -2.22. The van der Waals surface area contributed by atoms with Gasteiger partial charge in [-0.1, -0.05) is 18.2 Å². The maximum absolute atomic E-state index is 11.6. The van der Waals surface area contributed by atoms with E-state index >= 15 is 0 Å². The van der Waals surface area contributed by atoms with Gasteiger partial charge in [-0.05, 0) is 30.3 Å². The predicted molar refractivity (Wildman–Crippen MR) is 152 cm³/mol. The Morgan fingerprint density at radius 3 is 1.32 bits per heavy atom. The molecule has 224 valence electrons. The monoisotopic (exact) mass is 651 g/mol. The quantitative estimate of drug-likeness (QED) is 0.169. The molecule has 0 atom stereocenters. The van der Waals surface area contributed by atoms with Gasteiger partial charge in [-0.25, -0.2) is 33.9 Å². The first-order valence-corrected chi connectivity index (χ1v) is 16.0. The van der Waals surface area contributed by atoms with Crippen LogP contribution in [0.25, 0.3) is 0 Å². The molecule has 2 N–H and O–H groups in total. The van der Waals surface area contributed by atoms with Crippen LogP contribution in [0.2, 0.25) is 0 Å². The highest BCUT2D eigenvalue weighted by Gasteiger charge is 2.20. The molecular formula is C22H26ClN5O10S3. The van der Waals surface area contributed by atoms with Crippen LogP contribution in [-0.2, 0) is 29.1 Å². The number of nitro groups is 2. The van der Waals surface area contributed by atoms with E-state index < -0.39 is 38.9 Å². The van der Waals surface area contributed by atoms with E-state index in [0.717, 1.165) is 20.7 Å². The van der Waals surface area contributed by atoms with Crippen LogP contribution in [0.5, 0.6) is 0 Å². The third-order valence-corrected chi connectivity index (χ3v) is 9.73. The van der Waals surface area contributed by atoms with Gasteiger partial charge in [0.05, 0.1) is 24.5 Å². The van der Waals surface area contributed by atoms with Crippen LogP contribution in [0, 0.1) is 20.2 Å². The summed E-state index contributed by atoms with van der Waals surface area (Å²) >= 11 is 0. The number of hydrogen-bond donors (Lipinski definition) is 1. The fourth-order valence-corrected chi connectivity index (χ4v) is 5.29. The summed E-state index contributed by atoms with van der Waals surface area (Å²) in [5.41, 5.74) is 5.38. The van der Waals surface area contributed by atoms with Crippen molar-refractivity contribution in [1.29, 1.82) is 0 Å². The molecule has 0 radical (unpaired) electrons. The molecular weight excluding hydrogens is 626 g/mol. The van der Waals surface area contributed by atoms with Crippen molar-refractivity contribution in [2.75, 3.05) is 33.9 Å². The van der Waals surface area contributed by atoms with Gasteiger partial charge >= 0.3 is 0 Å². The third kappa shape index (κ3) is 10.3. The zero-order valence-electron chi connectivity index (χ0n) is 22.0. The Labute approximate surface area is 241 Å². The van der Waals surface area contributed by atoms with Gasteiger partial charge in [0, 0.05) is 68.8 Å². The number of nitrogens with zero attached hydrogens (tertiary/aromatic N) is 4. The van der Waals surface area contributed by atoms with Gasteiger partial charge < -0.3 is 5.73 Å². The molecule has 0 aliphatic carbocycles. The van der Waals surface area contributed by atoms with Crippen molar-refractivity contribution >= 4 is 56.8 Å². The minimum Gasteiger partial charge on any atom is -0.399 e. The summed E-state index contributed by atoms with van der Waals surface area (Å²) in [7, 11) is -0.149. The number of nitrogen functional groups attached to an aromatic ring is 1. The smallest absolute Gasteiger partial charge is 0.270 e. The molecule has 0 bridgehead atoms. The van der Waals surface area contributed by atoms with Crippen molar-refractivity contribution in [3.8, 4) is 0 Å². The summed E-state index contributed by atoms with van der Waals surface area (Å²) in [6, 6.07) is 15.7. The van der Waals surface area contributed by atoms with Crippen molar-refractivity contribution in [3.63, 3.8) is 0 Å². The molecule has 0 unspecified atom stereocenters. The van der Waals surface area contributed by atoms with Crippen molar-refractivity contribution in [2.24, 2.45) is 0 Å². The van der Waals surface area contributed by atoms with Gasteiger partial charge in [0.25, 0.3) is 20.4 Å². The van der Waals surface area contributed by atoms with Crippen molar-refractivity contribution in [2.45, 2.75) is 14.7 Å². The summed E-state index contributed by atoms with van der Waals surface area (Å²) in [6.07, 6.45) is 0. The molecule has 0 fully saturated rings. The zero-order chi connectivity index (χ0) is 31.8. The van der Waals surface area contributed by atoms with E-state index in [-0.39, 0.29) is 26.1 Å². The average Bonchev–Trinajstić information content (AvgIpc) is 2.89. The number of anilines is 1. The Kier molecular flexibility index (Phi) is 12.3. The Bertz CT molecular complexity index is 1730. The van der Waals surface area contributed by atoms with E-state index in [1.807, 2.05) is 0 Å². The molecule has 15 nitrogen and oxygen atoms in total. The fourth-order valence-electron chi connectivity index (χ4n) is 2.60. The first-order valence-electron chi connectivity index (χ1n) is 10.9. The highest BCUT2D eigenvalue weighted by molar-refractivity contribution is 8.13. The van der Waals surface area contributed by atoms with E-state index in [1.165, 1.54) is 76.7 Å². The second-order valence-electron chi connectivity index (χ2n) is 8.09. The van der Waals surface area contributed by atoms with Crippen molar-refractivity contribution in [1.82, 2.24) is 8.61 Å². The number of nitro benzene ring substituents is 2. The molecule has 0 saturated heterocycles. The molecule has 0 amide bonds. The van der Waals surface area contributed by atoms with Crippen LogP contribution in [0.1, 0.15) is 0 Å². The minimum absolute atomic E-state index is 0.0818. The lowest BCUT2D eigenvalue weighted by atomic mass is 10.3. The maximum Gasteiger partial charge on any atom is 0.270 e. The highest BCUT2D eigenvalue weighted by atomic mass is 35.7. The van der Waals surface area contributed by atoms with Crippen molar-refractivity contribution < 1.29 is 35.1 Å². The minimum atomic E-state index is -3.89. The van der Waals surface area contributed by atoms with E-state index in [1.54, 1.807) is 12.1 Å². The number of nitrogens with two attached hydrogens (primary N) is 1. The third-order valence-electron chi connectivity index (χ3n) is 4.75. The second kappa shape index (κ2) is 14.3. The van der Waals surface area contributed by atoms with E-state index in [9.17, 15) is 45.5 Å². The van der Waals surface area contributed by atoms with Crippen LogP contribution < -0.4 is 5.73 Å². The summed E-state index contributed by atoms with van der Waals surface area (Å²) in [4.78, 5) is 19.2. The SMILES string of the molecule is CN(C)S(=O)(=O)c1cccc(N)c1.CN(C)S(=O)(=O)c1cccc([N+](=O)[O-])c1.O=[N+]([O-])c1cccc(S(=O)(=O)Cl)c1. The highest BCUT2D eigenvalue weighted by Crippen LogP contribution is 2.21. The first kappa shape index (κ1) is 35.3. The molecule has 3 aromatic carbocycles. The van der Waals surface area contributed by atoms with Crippen LogP contribution in [0.15, 0.2) is 87.5 Å². The largest absolute Gasteiger partial charge is 0.399 e. The van der Waals surface area contributed by atoms with Gasteiger partial charge in [-0.3, -0.25) is 20.2 Å². The number of rotatable bonds is 7. The number of sulfonamides is 2. The first-order chi connectivity index (χ1) is 18.7. The number of hydrogen-bond acceptors (Lipinski definition) is 11. The summed E-state index contributed by atoms with van der Waals surface area (Å²) in [5, 5.41) is 20.7. The molecule has 0 aliphatic heterocycles. The number of non-ortho nitro benzene ring substituents is 2. The summed E-state index contributed by atoms with van der Waals surface area (Å²) < 4.78 is 70.0. The second-order valence-corrected chi connectivity index (χ2v) is 15.0. The Balaban J connectivity index is 0.000000309. The lowest BCUT2D eigenvalue weighted by Gasteiger charge is -2.11. The van der Waals surface area contributed by atoms with Crippen LogP contribution in [-0.4, -0.2) is 71.9 Å². The molecule has 41 heavy (non-hydrogen) atoms. The zero-order valence-corrected chi connectivity index (χ0v) is 25.2.